The van der Waals surface area contributed by atoms with Crippen molar-refractivity contribution < 1.29 is 4.79 Å². The number of nitrogens with two attached hydrogens (primary N) is 1. The van der Waals surface area contributed by atoms with Crippen molar-refractivity contribution in [3.63, 3.8) is 0 Å². The molecule has 0 saturated heterocycles. The minimum absolute atomic E-state index is 0. The lowest BCUT2D eigenvalue weighted by molar-refractivity contribution is -0.134. The molecule has 1 aliphatic carbocycles. The number of hydrogen-bond donors (Lipinski definition) is 1. The van der Waals surface area contributed by atoms with Gasteiger partial charge in [0.2, 0.25) is 5.91 Å². The van der Waals surface area contributed by atoms with Crippen LogP contribution in [0.3, 0.4) is 0 Å². The van der Waals surface area contributed by atoms with Gasteiger partial charge in [0.15, 0.2) is 0 Å². The van der Waals surface area contributed by atoms with Gasteiger partial charge in [-0.05, 0) is 30.5 Å². The Bertz CT molecular complexity index is 441. The Hall–Kier alpha value is -0.580. The Morgan fingerprint density at radius 2 is 2.21 bits per heavy atom. The molecule has 0 aliphatic heterocycles. The summed E-state index contributed by atoms with van der Waals surface area (Å²) in [6, 6.07) is 8.08. The van der Waals surface area contributed by atoms with Crippen LogP contribution in [0.4, 0.5) is 0 Å². The van der Waals surface area contributed by atoms with Crippen LogP contribution < -0.4 is 5.73 Å². The van der Waals surface area contributed by atoms with Crippen LogP contribution in [0.25, 0.3) is 0 Å². The van der Waals surface area contributed by atoms with Crippen molar-refractivity contribution >= 4 is 34.2 Å². The van der Waals surface area contributed by atoms with E-state index in [1.807, 2.05) is 31.3 Å². The minimum atomic E-state index is 0. The number of amides is 1. The molecule has 0 radical (unpaired) electrons. The van der Waals surface area contributed by atoms with E-state index in [0.29, 0.717) is 6.54 Å². The molecule has 2 unspecified atom stereocenters. The molecule has 3 nitrogen and oxygen atoms in total. The summed E-state index contributed by atoms with van der Waals surface area (Å²) >= 11 is 3.44. The Morgan fingerprint density at radius 3 is 2.79 bits per heavy atom. The first-order chi connectivity index (χ1) is 8.58. The lowest BCUT2D eigenvalue weighted by atomic mass is 10.0. The fourth-order valence-electron chi connectivity index (χ4n) is 2.57. The maximum Gasteiger partial charge on any atom is 0.227 e. The molecule has 2 N–H and O–H groups in total. The topological polar surface area (TPSA) is 46.3 Å². The Labute approximate surface area is 129 Å². The number of hydrogen-bond acceptors (Lipinski definition) is 2. The van der Waals surface area contributed by atoms with E-state index in [1.54, 1.807) is 4.90 Å². The molecule has 1 aromatic carbocycles. The highest BCUT2D eigenvalue weighted by Gasteiger charge is 2.32. The Kier molecular flexibility index (Phi) is 6.30. The zero-order chi connectivity index (χ0) is 13.1. The van der Waals surface area contributed by atoms with Crippen molar-refractivity contribution in [3.05, 3.63) is 34.3 Å². The van der Waals surface area contributed by atoms with Crippen LogP contribution in [-0.4, -0.2) is 23.9 Å². The van der Waals surface area contributed by atoms with Gasteiger partial charge in [0.1, 0.15) is 0 Å². The maximum atomic E-state index is 12.3. The summed E-state index contributed by atoms with van der Waals surface area (Å²) in [5.41, 5.74) is 7.11. The fourth-order valence-corrected chi connectivity index (χ4v) is 3.01. The van der Waals surface area contributed by atoms with Crippen molar-refractivity contribution in [1.82, 2.24) is 4.90 Å². The molecule has 19 heavy (non-hydrogen) atoms. The van der Waals surface area contributed by atoms with Crippen LogP contribution in [0.1, 0.15) is 24.8 Å². The summed E-state index contributed by atoms with van der Waals surface area (Å²) < 4.78 is 1.04. The second-order valence-electron chi connectivity index (χ2n) is 5.03. The van der Waals surface area contributed by atoms with E-state index in [1.165, 1.54) is 0 Å². The standard InChI is InChI=1S/C14H19BrN2O.ClH/c1-17(9-10-4-2-5-11(15)8-10)14(18)12-6-3-7-13(12)16;/h2,4-5,8,12-13H,3,6-7,9,16H2,1H3;1H. The van der Waals surface area contributed by atoms with E-state index < -0.39 is 0 Å². The molecule has 2 atom stereocenters. The van der Waals surface area contributed by atoms with Crippen molar-refractivity contribution in [3.8, 4) is 0 Å². The highest BCUT2D eigenvalue weighted by atomic mass is 79.9. The molecular weight excluding hydrogens is 328 g/mol. The van der Waals surface area contributed by atoms with E-state index in [2.05, 4.69) is 15.9 Å². The first-order valence-corrected chi connectivity index (χ1v) is 7.12. The third kappa shape index (κ3) is 4.20. The van der Waals surface area contributed by atoms with Gasteiger partial charge in [-0.25, -0.2) is 0 Å². The van der Waals surface area contributed by atoms with Gasteiger partial charge >= 0.3 is 0 Å². The summed E-state index contributed by atoms with van der Waals surface area (Å²) in [6.07, 6.45) is 2.98. The zero-order valence-corrected chi connectivity index (χ0v) is 13.4. The van der Waals surface area contributed by atoms with Gasteiger partial charge in [0, 0.05) is 24.1 Å². The molecule has 5 heteroatoms. The minimum Gasteiger partial charge on any atom is -0.341 e. The number of benzene rings is 1. The Morgan fingerprint density at radius 1 is 1.47 bits per heavy atom. The molecule has 2 rings (SSSR count). The van der Waals surface area contributed by atoms with E-state index in [4.69, 9.17) is 5.73 Å². The van der Waals surface area contributed by atoms with Gasteiger partial charge in [0.25, 0.3) is 0 Å². The number of rotatable bonds is 3. The highest BCUT2D eigenvalue weighted by Crippen LogP contribution is 2.26. The van der Waals surface area contributed by atoms with E-state index in [0.717, 1.165) is 29.3 Å². The lowest BCUT2D eigenvalue weighted by Crippen LogP contribution is -2.39. The summed E-state index contributed by atoms with van der Waals surface area (Å²) in [5.74, 6) is 0.196. The molecular formula is C14H20BrClN2O. The first kappa shape index (κ1) is 16.5. The first-order valence-electron chi connectivity index (χ1n) is 6.33. The zero-order valence-electron chi connectivity index (χ0n) is 11.0. The van der Waals surface area contributed by atoms with Crippen molar-refractivity contribution in [1.29, 1.82) is 0 Å². The number of carbonyl (C=O) groups is 1. The number of nitrogens with zero attached hydrogens (tertiary/aromatic N) is 1. The van der Waals surface area contributed by atoms with Crippen LogP contribution >= 0.6 is 28.3 Å². The SMILES string of the molecule is CN(Cc1cccc(Br)c1)C(=O)C1CCCC1N.Cl. The van der Waals surface area contributed by atoms with Gasteiger partial charge in [-0.15, -0.1) is 12.4 Å². The third-order valence-electron chi connectivity index (χ3n) is 3.57. The van der Waals surface area contributed by atoms with Gasteiger partial charge in [-0.2, -0.15) is 0 Å². The fraction of sp³-hybridized carbons (Fsp3) is 0.500. The van der Waals surface area contributed by atoms with Crippen molar-refractivity contribution in [2.75, 3.05) is 7.05 Å². The molecule has 0 bridgehead atoms. The van der Waals surface area contributed by atoms with Crippen LogP contribution in [0.15, 0.2) is 28.7 Å². The number of halogens is 2. The van der Waals surface area contributed by atoms with Crippen molar-refractivity contribution in [2.45, 2.75) is 31.8 Å². The van der Waals surface area contributed by atoms with E-state index in [9.17, 15) is 4.79 Å². The van der Waals surface area contributed by atoms with Gasteiger partial charge in [0.05, 0.1) is 5.92 Å². The summed E-state index contributed by atoms with van der Waals surface area (Å²) in [5, 5.41) is 0. The van der Waals surface area contributed by atoms with Crippen LogP contribution in [-0.2, 0) is 11.3 Å². The smallest absolute Gasteiger partial charge is 0.227 e. The molecule has 1 saturated carbocycles. The van der Waals surface area contributed by atoms with Crippen LogP contribution in [0, 0.1) is 5.92 Å². The second-order valence-corrected chi connectivity index (χ2v) is 5.94. The van der Waals surface area contributed by atoms with E-state index in [-0.39, 0.29) is 30.3 Å². The predicted molar refractivity (Wildman–Crippen MR) is 83.2 cm³/mol. The monoisotopic (exact) mass is 346 g/mol. The molecule has 1 aliphatic rings. The highest BCUT2D eigenvalue weighted by molar-refractivity contribution is 9.10. The largest absolute Gasteiger partial charge is 0.341 e. The molecule has 0 aromatic heterocycles. The second kappa shape index (κ2) is 7.27. The average Bonchev–Trinajstić information content (AvgIpc) is 2.74. The quantitative estimate of drug-likeness (QED) is 0.914. The molecule has 1 amide bonds. The Balaban J connectivity index is 0.00000180. The third-order valence-corrected chi connectivity index (χ3v) is 4.06. The molecule has 1 aromatic rings. The van der Waals surface area contributed by atoms with Gasteiger partial charge in [-0.3, -0.25) is 4.79 Å². The number of carbonyl (C=O) groups excluding carboxylic acids is 1. The van der Waals surface area contributed by atoms with Gasteiger partial charge < -0.3 is 10.6 Å². The normalized spacial score (nSPS) is 21.8. The average molecular weight is 348 g/mol. The van der Waals surface area contributed by atoms with E-state index >= 15 is 0 Å². The predicted octanol–water partition coefficient (Wildman–Crippen LogP) is 2.96. The summed E-state index contributed by atoms with van der Waals surface area (Å²) in [4.78, 5) is 14.1. The van der Waals surface area contributed by atoms with Crippen LogP contribution in [0.5, 0.6) is 0 Å². The molecule has 0 spiro atoms. The van der Waals surface area contributed by atoms with Crippen LogP contribution in [0.2, 0.25) is 0 Å². The molecule has 0 heterocycles. The lowest BCUT2D eigenvalue weighted by Gasteiger charge is -2.23. The summed E-state index contributed by atoms with van der Waals surface area (Å²) in [6.45, 7) is 0.640. The van der Waals surface area contributed by atoms with Crippen molar-refractivity contribution in [2.24, 2.45) is 11.7 Å². The summed E-state index contributed by atoms with van der Waals surface area (Å²) in [7, 11) is 1.86. The molecule has 1 fully saturated rings. The van der Waals surface area contributed by atoms with Gasteiger partial charge in [-0.1, -0.05) is 34.5 Å². The molecule has 106 valence electrons. The maximum absolute atomic E-state index is 12.3.